The first-order valence-electron chi connectivity index (χ1n) is 8.13. The maximum absolute atomic E-state index is 11.5. The number of aliphatic hydroxyl groups excluding tert-OH is 2. The summed E-state index contributed by atoms with van der Waals surface area (Å²) in [6.45, 7) is 4.80. The topological polar surface area (TPSA) is 113 Å². The van der Waals surface area contributed by atoms with Gasteiger partial charge in [0.1, 0.15) is 5.75 Å². The van der Waals surface area contributed by atoms with Crippen molar-refractivity contribution < 1.29 is 24.9 Å². The van der Waals surface area contributed by atoms with Crippen LogP contribution >= 0.6 is 0 Å². The molecule has 25 heavy (non-hydrogen) atoms. The predicted octanol–water partition coefficient (Wildman–Crippen LogP) is -0.860. The largest absolute Gasteiger partial charge is 0.508 e. The molecule has 1 aromatic rings. The Balaban J connectivity index is 0.000000257. The minimum absolute atomic E-state index is 0.236. The standard InChI is InChI=1S/C9H18N2O3.C8H9NO2/c1-7(12)8(13)9(14)11-5-3-10(2)4-6-11;10-6-9-5-7-1-3-8(11)4-2-7/h7-8,12-13H,3-6H2,1-2H3;1-4,6,11H,5H2,(H,9,10)/t7-,8+;/m0./s1. The molecule has 0 aliphatic carbocycles. The second-order valence-corrected chi connectivity index (χ2v) is 5.98. The molecule has 2 rings (SSSR count). The quantitative estimate of drug-likeness (QED) is 0.513. The van der Waals surface area contributed by atoms with Crippen LogP contribution < -0.4 is 5.32 Å². The van der Waals surface area contributed by atoms with Crippen molar-refractivity contribution in [2.24, 2.45) is 0 Å². The number of phenols is 1. The minimum atomic E-state index is -1.28. The van der Waals surface area contributed by atoms with Crippen molar-refractivity contribution in [2.75, 3.05) is 33.2 Å². The summed E-state index contributed by atoms with van der Waals surface area (Å²) in [7, 11) is 1.99. The molecule has 0 bridgehead atoms. The number of rotatable bonds is 5. The van der Waals surface area contributed by atoms with Crippen LogP contribution in [0.2, 0.25) is 0 Å². The highest BCUT2D eigenvalue weighted by atomic mass is 16.3. The van der Waals surface area contributed by atoms with Crippen molar-refractivity contribution in [1.82, 2.24) is 15.1 Å². The smallest absolute Gasteiger partial charge is 0.254 e. The summed E-state index contributed by atoms with van der Waals surface area (Å²) in [5.74, 6) is -0.132. The van der Waals surface area contributed by atoms with Gasteiger partial charge in [-0.3, -0.25) is 9.59 Å². The Kier molecular flexibility index (Phi) is 8.90. The Bertz CT molecular complexity index is 528. The van der Waals surface area contributed by atoms with Crippen molar-refractivity contribution in [3.8, 4) is 5.75 Å². The van der Waals surface area contributed by atoms with E-state index >= 15 is 0 Å². The molecule has 2 atom stereocenters. The molecular formula is C17H27N3O5. The van der Waals surface area contributed by atoms with Crippen LogP contribution in [-0.4, -0.2) is 82.9 Å². The van der Waals surface area contributed by atoms with Gasteiger partial charge < -0.3 is 30.4 Å². The Hall–Kier alpha value is -2.16. The van der Waals surface area contributed by atoms with E-state index in [1.165, 1.54) is 6.92 Å². The summed E-state index contributed by atoms with van der Waals surface area (Å²) in [6, 6.07) is 6.68. The number of hydrogen-bond donors (Lipinski definition) is 4. The van der Waals surface area contributed by atoms with Gasteiger partial charge in [-0.2, -0.15) is 0 Å². The SMILES string of the molecule is C[C@H](O)[C@@H](O)C(=O)N1CCN(C)CC1.O=CNCc1ccc(O)cc1. The molecule has 8 nitrogen and oxygen atoms in total. The van der Waals surface area contributed by atoms with Gasteiger partial charge in [-0.05, 0) is 31.7 Å². The van der Waals surface area contributed by atoms with E-state index in [1.807, 2.05) is 7.05 Å². The van der Waals surface area contributed by atoms with E-state index < -0.39 is 12.2 Å². The van der Waals surface area contributed by atoms with Gasteiger partial charge in [0.25, 0.3) is 5.91 Å². The van der Waals surface area contributed by atoms with Gasteiger partial charge in [0.05, 0.1) is 6.10 Å². The zero-order valence-electron chi connectivity index (χ0n) is 14.6. The Morgan fingerprint density at radius 3 is 2.24 bits per heavy atom. The monoisotopic (exact) mass is 353 g/mol. The molecule has 0 saturated carbocycles. The number of amides is 2. The van der Waals surface area contributed by atoms with Crippen molar-refractivity contribution >= 4 is 12.3 Å². The average molecular weight is 353 g/mol. The summed E-state index contributed by atoms with van der Waals surface area (Å²) in [5, 5.41) is 29.8. The molecule has 8 heteroatoms. The summed E-state index contributed by atoms with van der Waals surface area (Å²) in [4.78, 5) is 25.1. The number of nitrogens with one attached hydrogen (secondary N) is 1. The van der Waals surface area contributed by atoms with E-state index in [9.17, 15) is 14.7 Å². The van der Waals surface area contributed by atoms with Gasteiger partial charge in [-0.25, -0.2) is 0 Å². The maximum atomic E-state index is 11.5. The number of nitrogens with zero attached hydrogens (tertiary/aromatic N) is 2. The third-order valence-corrected chi connectivity index (χ3v) is 3.85. The number of phenolic OH excluding ortho intramolecular Hbond substituents is 1. The Morgan fingerprint density at radius 1 is 1.20 bits per heavy atom. The molecule has 1 aliphatic heterocycles. The molecule has 0 aromatic heterocycles. The predicted molar refractivity (Wildman–Crippen MR) is 92.8 cm³/mol. The summed E-state index contributed by atoms with van der Waals surface area (Å²) in [5.41, 5.74) is 0.968. The summed E-state index contributed by atoms with van der Waals surface area (Å²) in [6.07, 6.45) is -1.63. The zero-order valence-corrected chi connectivity index (χ0v) is 14.6. The Labute approximate surface area is 147 Å². The molecule has 140 valence electrons. The van der Waals surface area contributed by atoms with Crippen molar-refractivity contribution in [3.05, 3.63) is 29.8 Å². The normalized spacial score (nSPS) is 17.0. The first-order valence-corrected chi connectivity index (χ1v) is 8.13. The van der Waals surface area contributed by atoms with Crippen molar-refractivity contribution in [2.45, 2.75) is 25.7 Å². The third-order valence-electron chi connectivity index (χ3n) is 3.85. The first kappa shape index (κ1) is 20.9. The fourth-order valence-electron chi connectivity index (χ4n) is 2.19. The number of carbonyl (C=O) groups is 2. The molecule has 1 aromatic carbocycles. The molecular weight excluding hydrogens is 326 g/mol. The van der Waals surface area contributed by atoms with E-state index in [0.29, 0.717) is 26.0 Å². The molecule has 0 spiro atoms. The van der Waals surface area contributed by atoms with Crippen LogP contribution in [0.25, 0.3) is 0 Å². The summed E-state index contributed by atoms with van der Waals surface area (Å²) >= 11 is 0. The maximum Gasteiger partial charge on any atom is 0.254 e. The summed E-state index contributed by atoms with van der Waals surface area (Å²) < 4.78 is 0. The highest BCUT2D eigenvalue weighted by Crippen LogP contribution is 2.08. The molecule has 0 unspecified atom stereocenters. The van der Waals surface area contributed by atoms with E-state index in [2.05, 4.69) is 10.2 Å². The molecule has 0 radical (unpaired) electrons. The second-order valence-electron chi connectivity index (χ2n) is 5.98. The van der Waals surface area contributed by atoms with Crippen LogP contribution in [0.1, 0.15) is 12.5 Å². The lowest BCUT2D eigenvalue weighted by Crippen LogP contribution is -2.52. The molecule has 1 aliphatic rings. The van der Waals surface area contributed by atoms with Crippen LogP contribution in [0, 0.1) is 0 Å². The van der Waals surface area contributed by atoms with E-state index in [1.54, 1.807) is 29.2 Å². The lowest BCUT2D eigenvalue weighted by molar-refractivity contribution is -0.147. The van der Waals surface area contributed by atoms with Crippen LogP contribution in [-0.2, 0) is 16.1 Å². The molecule has 1 fully saturated rings. The highest BCUT2D eigenvalue weighted by Gasteiger charge is 2.27. The number of aliphatic hydroxyl groups is 2. The number of likely N-dealkylation sites (N-methyl/N-ethyl adjacent to an activating group) is 1. The van der Waals surface area contributed by atoms with Gasteiger partial charge in [0.15, 0.2) is 6.10 Å². The van der Waals surface area contributed by atoms with Gasteiger partial charge in [-0.15, -0.1) is 0 Å². The number of benzene rings is 1. The lowest BCUT2D eigenvalue weighted by Gasteiger charge is -2.34. The van der Waals surface area contributed by atoms with Crippen LogP contribution in [0.3, 0.4) is 0 Å². The second kappa shape index (κ2) is 10.7. The van der Waals surface area contributed by atoms with E-state index in [-0.39, 0.29) is 11.7 Å². The van der Waals surface area contributed by atoms with Gasteiger partial charge >= 0.3 is 0 Å². The van der Waals surface area contributed by atoms with Crippen LogP contribution in [0.4, 0.5) is 0 Å². The fraction of sp³-hybridized carbons (Fsp3) is 0.529. The van der Waals surface area contributed by atoms with Crippen molar-refractivity contribution in [3.63, 3.8) is 0 Å². The molecule has 2 amide bonds. The van der Waals surface area contributed by atoms with Crippen LogP contribution in [0.5, 0.6) is 5.75 Å². The average Bonchev–Trinajstić information content (AvgIpc) is 2.61. The first-order chi connectivity index (χ1) is 11.8. The zero-order chi connectivity index (χ0) is 18.8. The fourth-order valence-corrected chi connectivity index (χ4v) is 2.19. The lowest BCUT2D eigenvalue weighted by atomic mass is 10.2. The third kappa shape index (κ3) is 7.51. The number of carbonyl (C=O) groups excluding carboxylic acids is 2. The van der Waals surface area contributed by atoms with Crippen LogP contribution in [0.15, 0.2) is 24.3 Å². The highest BCUT2D eigenvalue weighted by molar-refractivity contribution is 5.81. The molecule has 1 saturated heterocycles. The Morgan fingerprint density at radius 2 is 1.76 bits per heavy atom. The molecule has 1 heterocycles. The van der Waals surface area contributed by atoms with Gasteiger partial charge in [0.2, 0.25) is 6.41 Å². The van der Waals surface area contributed by atoms with E-state index in [4.69, 9.17) is 10.2 Å². The number of hydrogen-bond acceptors (Lipinski definition) is 6. The van der Waals surface area contributed by atoms with E-state index in [0.717, 1.165) is 18.7 Å². The van der Waals surface area contributed by atoms with Gasteiger partial charge in [-0.1, -0.05) is 12.1 Å². The van der Waals surface area contributed by atoms with Crippen molar-refractivity contribution in [1.29, 1.82) is 0 Å². The number of aromatic hydroxyl groups is 1. The molecule has 4 N–H and O–H groups in total. The number of piperazine rings is 1. The minimum Gasteiger partial charge on any atom is -0.508 e. The van der Waals surface area contributed by atoms with Gasteiger partial charge in [0, 0.05) is 32.7 Å².